The zero-order valence-corrected chi connectivity index (χ0v) is 9.50. The Kier molecular flexibility index (Phi) is 2.95. The summed E-state index contributed by atoms with van der Waals surface area (Å²) in [5, 5.41) is 6.71. The van der Waals surface area contributed by atoms with Gasteiger partial charge in [0, 0.05) is 11.9 Å². The van der Waals surface area contributed by atoms with Crippen LogP contribution in [0.2, 0.25) is 5.15 Å². The fourth-order valence-corrected chi connectivity index (χ4v) is 2.93. The number of rotatable bonds is 3. The molecule has 0 radical (unpaired) electrons. The lowest BCUT2D eigenvalue weighted by atomic mass is 9.98. The van der Waals surface area contributed by atoms with Gasteiger partial charge in [-0.15, -0.1) is 11.3 Å². The second-order valence-corrected chi connectivity index (χ2v) is 5.04. The van der Waals surface area contributed by atoms with E-state index in [-0.39, 0.29) is 5.54 Å². The number of nitrogens with zero attached hydrogens (tertiary/aromatic N) is 1. The third kappa shape index (κ3) is 2.02. The smallest absolute Gasteiger partial charge is 0.184 e. The summed E-state index contributed by atoms with van der Waals surface area (Å²) in [7, 11) is 0. The van der Waals surface area contributed by atoms with Crippen LogP contribution in [0.1, 0.15) is 25.7 Å². The first kappa shape index (κ1) is 10.2. The molecule has 1 aliphatic carbocycles. The first-order valence-corrected chi connectivity index (χ1v) is 6.09. The van der Waals surface area contributed by atoms with E-state index in [0.717, 1.165) is 18.0 Å². The molecular formula is C9H14ClN3S. The fraction of sp³-hybridized carbons (Fsp3) is 0.667. The molecule has 3 N–H and O–H groups in total. The highest BCUT2D eigenvalue weighted by Gasteiger charge is 2.32. The van der Waals surface area contributed by atoms with Gasteiger partial charge in [0.1, 0.15) is 5.15 Å². The molecule has 0 aromatic carbocycles. The Morgan fingerprint density at radius 1 is 1.57 bits per heavy atom. The molecule has 1 heterocycles. The normalized spacial score (nSPS) is 19.9. The molecule has 1 fully saturated rings. The predicted octanol–water partition coefficient (Wildman–Crippen LogP) is 2.48. The summed E-state index contributed by atoms with van der Waals surface area (Å²) in [6.45, 7) is 0.671. The van der Waals surface area contributed by atoms with Gasteiger partial charge in [0.25, 0.3) is 0 Å². The number of aromatic nitrogens is 1. The van der Waals surface area contributed by atoms with Gasteiger partial charge >= 0.3 is 0 Å². The number of hydrogen-bond donors (Lipinski definition) is 2. The zero-order valence-electron chi connectivity index (χ0n) is 7.92. The van der Waals surface area contributed by atoms with Crippen LogP contribution in [0.4, 0.5) is 5.13 Å². The Balaban J connectivity index is 2.08. The van der Waals surface area contributed by atoms with Crippen molar-refractivity contribution in [1.29, 1.82) is 0 Å². The minimum Gasteiger partial charge on any atom is -0.355 e. The highest BCUT2D eigenvalue weighted by Crippen LogP contribution is 2.33. The number of nitrogens with two attached hydrogens (primary N) is 1. The third-order valence-electron chi connectivity index (χ3n) is 2.80. The van der Waals surface area contributed by atoms with E-state index in [1.807, 2.05) is 5.38 Å². The van der Waals surface area contributed by atoms with Gasteiger partial charge < -0.3 is 11.1 Å². The Bertz CT molecular complexity index is 307. The van der Waals surface area contributed by atoms with Crippen molar-refractivity contribution in [3.05, 3.63) is 10.5 Å². The van der Waals surface area contributed by atoms with Crippen molar-refractivity contribution >= 4 is 28.1 Å². The topological polar surface area (TPSA) is 50.9 Å². The largest absolute Gasteiger partial charge is 0.355 e. The minimum atomic E-state index is 0.0706. The zero-order chi connectivity index (χ0) is 10.0. The van der Waals surface area contributed by atoms with Crippen LogP contribution in [0, 0.1) is 0 Å². The molecule has 3 nitrogen and oxygen atoms in total. The van der Waals surface area contributed by atoms with E-state index < -0.39 is 0 Å². The van der Waals surface area contributed by atoms with E-state index >= 15 is 0 Å². The van der Waals surface area contributed by atoms with Crippen molar-refractivity contribution in [3.63, 3.8) is 0 Å². The Morgan fingerprint density at radius 2 is 2.29 bits per heavy atom. The molecular weight excluding hydrogens is 218 g/mol. The second-order valence-electron chi connectivity index (χ2n) is 3.79. The average Bonchev–Trinajstić information content (AvgIpc) is 2.77. The number of halogens is 1. The van der Waals surface area contributed by atoms with Crippen LogP contribution in [0.3, 0.4) is 0 Å². The highest BCUT2D eigenvalue weighted by molar-refractivity contribution is 7.14. The summed E-state index contributed by atoms with van der Waals surface area (Å²) in [6, 6.07) is 0. The predicted molar refractivity (Wildman–Crippen MR) is 61.0 cm³/mol. The molecule has 0 unspecified atom stereocenters. The Morgan fingerprint density at radius 3 is 2.79 bits per heavy atom. The minimum absolute atomic E-state index is 0.0706. The van der Waals surface area contributed by atoms with Crippen LogP contribution in [0.25, 0.3) is 0 Å². The van der Waals surface area contributed by atoms with E-state index in [1.165, 1.54) is 12.8 Å². The molecule has 0 aliphatic heterocycles. The van der Waals surface area contributed by atoms with Crippen LogP contribution in [-0.2, 0) is 0 Å². The number of hydrogen-bond acceptors (Lipinski definition) is 4. The summed E-state index contributed by atoms with van der Waals surface area (Å²) < 4.78 is 0. The molecule has 0 saturated heterocycles. The van der Waals surface area contributed by atoms with Gasteiger partial charge in [0.2, 0.25) is 0 Å². The molecule has 1 aliphatic rings. The molecule has 0 amide bonds. The van der Waals surface area contributed by atoms with Crippen molar-refractivity contribution in [1.82, 2.24) is 4.98 Å². The molecule has 14 heavy (non-hydrogen) atoms. The van der Waals surface area contributed by atoms with Crippen molar-refractivity contribution in [3.8, 4) is 0 Å². The fourth-order valence-electron chi connectivity index (χ4n) is 1.97. The molecule has 1 saturated carbocycles. The van der Waals surface area contributed by atoms with E-state index in [9.17, 15) is 0 Å². The molecule has 1 aromatic rings. The summed E-state index contributed by atoms with van der Waals surface area (Å²) >= 11 is 7.30. The van der Waals surface area contributed by atoms with Crippen molar-refractivity contribution in [2.75, 3.05) is 11.9 Å². The lowest BCUT2D eigenvalue weighted by Gasteiger charge is -2.28. The van der Waals surface area contributed by atoms with Crippen LogP contribution in [0.15, 0.2) is 5.38 Å². The van der Waals surface area contributed by atoms with E-state index in [1.54, 1.807) is 11.3 Å². The van der Waals surface area contributed by atoms with Crippen molar-refractivity contribution in [2.45, 2.75) is 31.2 Å². The number of thiazole rings is 1. The van der Waals surface area contributed by atoms with Crippen LogP contribution < -0.4 is 11.1 Å². The molecule has 2 rings (SSSR count). The molecule has 1 aromatic heterocycles. The summed E-state index contributed by atoms with van der Waals surface area (Å²) in [5.74, 6) is 0. The van der Waals surface area contributed by atoms with Gasteiger partial charge in [-0.2, -0.15) is 0 Å². The monoisotopic (exact) mass is 231 g/mol. The van der Waals surface area contributed by atoms with Crippen LogP contribution in [-0.4, -0.2) is 17.1 Å². The van der Waals surface area contributed by atoms with Gasteiger partial charge in [-0.25, -0.2) is 4.98 Å². The first-order valence-electron chi connectivity index (χ1n) is 4.83. The summed E-state index contributed by atoms with van der Waals surface area (Å²) in [4.78, 5) is 4.18. The van der Waals surface area contributed by atoms with Crippen molar-refractivity contribution in [2.24, 2.45) is 5.73 Å². The van der Waals surface area contributed by atoms with Gasteiger partial charge in [0.15, 0.2) is 5.13 Å². The summed E-state index contributed by atoms with van der Waals surface area (Å²) in [5.41, 5.74) is 5.88. The third-order valence-corrected chi connectivity index (χ3v) is 3.88. The lowest BCUT2D eigenvalue weighted by Crippen LogP contribution is -2.42. The number of nitrogens with one attached hydrogen (secondary N) is 1. The lowest BCUT2D eigenvalue weighted by molar-refractivity contribution is 0.493. The Labute approximate surface area is 92.7 Å². The van der Waals surface area contributed by atoms with E-state index in [4.69, 9.17) is 17.3 Å². The number of anilines is 1. The van der Waals surface area contributed by atoms with Gasteiger partial charge in [0.05, 0.1) is 5.54 Å². The van der Waals surface area contributed by atoms with Gasteiger partial charge in [-0.1, -0.05) is 24.4 Å². The van der Waals surface area contributed by atoms with E-state index in [0.29, 0.717) is 11.7 Å². The Hall–Kier alpha value is -0.320. The maximum Gasteiger partial charge on any atom is 0.184 e. The standard InChI is InChI=1S/C9H14ClN3S/c10-7-5-14-8(12-7)13-9(6-11)3-1-2-4-9/h5H,1-4,6,11H2,(H,12,13). The van der Waals surface area contributed by atoms with Crippen LogP contribution >= 0.6 is 22.9 Å². The quantitative estimate of drug-likeness (QED) is 0.841. The molecule has 5 heteroatoms. The molecule has 78 valence electrons. The molecule has 0 bridgehead atoms. The second kappa shape index (κ2) is 4.04. The average molecular weight is 232 g/mol. The van der Waals surface area contributed by atoms with Gasteiger partial charge in [-0.3, -0.25) is 0 Å². The van der Waals surface area contributed by atoms with Crippen molar-refractivity contribution < 1.29 is 0 Å². The maximum absolute atomic E-state index is 5.80. The highest BCUT2D eigenvalue weighted by atomic mass is 35.5. The van der Waals surface area contributed by atoms with Crippen LogP contribution in [0.5, 0.6) is 0 Å². The maximum atomic E-state index is 5.80. The molecule has 0 atom stereocenters. The first-order chi connectivity index (χ1) is 6.74. The van der Waals surface area contributed by atoms with Gasteiger partial charge in [-0.05, 0) is 12.8 Å². The summed E-state index contributed by atoms with van der Waals surface area (Å²) in [6.07, 6.45) is 4.79. The SMILES string of the molecule is NCC1(Nc2nc(Cl)cs2)CCCC1. The molecule has 0 spiro atoms. The van der Waals surface area contributed by atoms with E-state index in [2.05, 4.69) is 10.3 Å².